The molecule has 3 N–H and O–H groups in total. The number of aromatic nitrogens is 2. The average Bonchev–Trinajstić information content (AvgIpc) is 2.68. The van der Waals surface area contributed by atoms with E-state index in [4.69, 9.17) is 5.73 Å². The molecule has 1 aliphatic rings. The van der Waals surface area contributed by atoms with Crippen LogP contribution in [0.15, 0.2) is 0 Å². The Morgan fingerprint density at radius 1 is 1.33 bits per heavy atom. The van der Waals surface area contributed by atoms with Gasteiger partial charge in [0.1, 0.15) is 0 Å². The number of nitrogens with zero attached hydrogens (tertiary/aromatic N) is 2. The molecule has 0 aromatic carbocycles. The van der Waals surface area contributed by atoms with Crippen molar-refractivity contribution in [2.24, 2.45) is 11.7 Å². The summed E-state index contributed by atoms with van der Waals surface area (Å²) in [5, 5.41) is 6.84. The van der Waals surface area contributed by atoms with Crippen LogP contribution in [0.1, 0.15) is 34.6 Å². The lowest BCUT2D eigenvalue weighted by molar-refractivity contribution is -0.123. The summed E-state index contributed by atoms with van der Waals surface area (Å²) in [6, 6.07) is 0. The molecule has 1 fully saturated rings. The van der Waals surface area contributed by atoms with Crippen LogP contribution in [0.25, 0.3) is 0 Å². The van der Waals surface area contributed by atoms with Crippen LogP contribution >= 0.6 is 0 Å². The summed E-state index contributed by atoms with van der Waals surface area (Å²) in [4.78, 5) is 25.2. The summed E-state index contributed by atoms with van der Waals surface area (Å²) >= 11 is 0. The molecule has 1 aromatic heterocycles. The molecule has 1 aromatic rings. The van der Waals surface area contributed by atoms with E-state index in [0.717, 1.165) is 11.4 Å². The van der Waals surface area contributed by atoms with Crippen LogP contribution in [-0.4, -0.2) is 40.0 Å². The predicted molar refractivity (Wildman–Crippen MR) is 65.9 cm³/mol. The van der Waals surface area contributed by atoms with Crippen molar-refractivity contribution in [3.05, 3.63) is 17.0 Å². The van der Waals surface area contributed by atoms with Crippen LogP contribution in [0.2, 0.25) is 0 Å². The number of piperidine rings is 1. The van der Waals surface area contributed by atoms with Gasteiger partial charge in [-0.2, -0.15) is 5.10 Å². The Hall–Kier alpha value is -1.85. The molecule has 0 unspecified atom stereocenters. The molecular weight excluding hydrogens is 232 g/mol. The average molecular weight is 250 g/mol. The molecule has 2 rings (SSSR count). The van der Waals surface area contributed by atoms with Gasteiger partial charge in [0.05, 0.1) is 11.3 Å². The van der Waals surface area contributed by atoms with Gasteiger partial charge in [0.25, 0.3) is 5.91 Å². The number of aryl methyl sites for hydroxylation is 2. The minimum Gasteiger partial charge on any atom is -0.369 e. The maximum Gasteiger partial charge on any atom is 0.257 e. The summed E-state index contributed by atoms with van der Waals surface area (Å²) in [7, 11) is 0. The Kier molecular flexibility index (Phi) is 3.36. The fourth-order valence-corrected chi connectivity index (χ4v) is 2.39. The summed E-state index contributed by atoms with van der Waals surface area (Å²) < 4.78 is 0. The fraction of sp³-hybridized carbons (Fsp3) is 0.583. The normalized spacial score (nSPS) is 16.9. The van der Waals surface area contributed by atoms with Gasteiger partial charge in [0.15, 0.2) is 0 Å². The first-order valence-corrected chi connectivity index (χ1v) is 6.11. The zero-order chi connectivity index (χ0) is 13.3. The van der Waals surface area contributed by atoms with Gasteiger partial charge in [-0.1, -0.05) is 0 Å². The Balaban J connectivity index is 2.06. The second-order valence-electron chi connectivity index (χ2n) is 4.78. The molecule has 2 heterocycles. The molecule has 0 atom stereocenters. The van der Waals surface area contributed by atoms with Crippen LogP contribution in [0.5, 0.6) is 0 Å². The third-order valence-corrected chi connectivity index (χ3v) is 3.53. The predicted octanol–water partition coefficient (Wildman–Crippen LogP) is 0.364. The lowest BCUT2D eigenvalue weighted by Crippen LogP contribution is -2.42. The highest BCUT2D eigenvalue weighted by Gasteiger charge is 2.28. The van der Waals surface area contributed by atoms with E-state index >= 15 is 0 Å². The van der Waals surface area contributed by atoms with E-state index in [1.165, 1.54) is 0 Å². The van der Waals surface area contributed by atoms with Crippen LogP contribution in [0, 0.1) is 19.8 Å². The van der Waals surface area contributed by atoms with Crippen LogP contribution in [-0.2, 0) is 4.79 Å². The topological polar surface area (TPSA) is 92.1 Å². The second kappa shape index (κ2) is 4.80. The van der Waals surface area contributed by atoms with Crippen molar-refractivity contribution < 1.29 is 9.59 Å². The van der Waals surface area contributed by atoms with Gasteiger partial charge >= 0.3 is 0 Å². The number of amides is 2. The van der Waals surface area contributed by atoms with E-state index < -0.39 is 0 Å². The Labute approximate surface area is 106 Å². The summed E-state index contributed by atoms with van der Waals surface area (Å²) in [5.74, 6) is -0.375. The van der Waals surface area contributed by atoms with Gasteiger partial charge in [-0.15, -0.1) is 0 Å². The number of hydrogen-bond acceptors (Lipinski definition) is 3. The number of aromatic amines is 1. The summed E-state index contributed by atoms with van der Waals surface area (Å²) in [5.41, 5.74) is 7.42. The maximum atomic E-state index is 12.3. The number of likely N-dealkylation sites (tertiary alicyclic amines) is 1. The smallest absolute Gasteiger partial charge is 0.257 e. The highest BCUT2D eigenvalue weighted by molar-refractivity contribution is 5.96. The molecule has 6 nitrogen and oxygen atoms in total. The minimum atomic E-state index is -0.266. The molecule has 2 amide bonds. The second-order valence-corrected chi connectivity index (χ2v) is 4.78. The number of rotatable bonds is 2. The van der Waals surface area contributed by atoms with Gasteiger partial charge in [-0.05, 0) is 26.7 Å². The van der Waals surface area contributed by atoms with E-state index in [1.54, 1.807) is 4.90 Å². The highest BCUT2D eigenvalue weighted by Crippen LogP contribution is 2.20. The SMILES string of the molecule is Cc1n[nH]c(C)c1C(=O)N1CCC(C(N)=O)CC1. The van der Waals surface area contributed by atoms with Crippen LogP contribution in [0.4, 0.5) is 0 Å². The molecule has 0 bridgehead atoms. The molecule has 0 radical (unpaired) electrons. The molecule has 0 saturated carbocycles. The third-order valence-electron chi connectivity index (χ3n) is 3.53. The van der Waals surface area contributed by atoms with Crippen molar-refractivity contribution in [1.29, 1.82) is 0 Å². The first-order chi connectivity index (χ1) is 8.50. The number of carbonyl (C=O) groups excluding carboxylic acids is 2. The summed E-state index contributed by atoms with van der Waals surface area (Å²) in [6.07, 6.45) is 1.30. The van der Waals surface area contributed by atoms with Crippen molar-refractivity contribution in [3.8, 4) is 0 Å². The Morgan fingerprint density at radius 2 is 1.94 bits per heavy atom. The summed E-state index contributed by atoms with van der Waals surface area (Å²) in [6.45, 7) is 4.81. The van der Waals surface area contributed by atoms with Gasteiger partial charge in [-0.3, -0.25) is 14.7 Å². The number of nitrogens with one attached hydrogen (secondary N) is 1. The number of nitrogens with two attached hydrogens (primary N) is 1. The Bertz CT molecular complexity index is 453. The minimum absolute atomic E-state index is 0.0123. The van der Waals surface area contributed by atoms with E-state index in [1.807, 2.05) is 13.8 Å². The lowest BCUT2D eigenvalue weighted by Gasteiger charge is -2.30. The van der Waals surface area contributed by atoms with Crippen LogP contribution < -0.4 is 5.73 Å². The molecule has 1 saturated heterocycles. The van der Waals surface area contributed by atoms with Crippen molar-refractivity contribution in [2.75, 3.05) is 13.1 Å². The van der Waals surface area contributed by atoms with Crippen molar-refractivity contribution in [1.82, 2.24) is 15.1 Å². The first kappa shape index (κ1) is 12.6. The molecule has 0 spiro atoms. The molecular formula is C12H18N4O2. The highest BCUT2D eigenvalue weighted by atomic mass is 16.2. The standard InChI is InChI=1S/C12H18N4O2/c1-7-10(8(2)15-14-7)12(18)16-5-3-9(4-6-16)11(13)17/h9H,3-6H2,1-2H3,(H2,13,17)(H,14,15). The number of hydrogen-bond donors (Lipinski definition) is 2. The van der Waals surface area contributed by atoms with E-state index in [2.05, 4.69) is 10.2 Å². The molecule has 6 heteroatoms. The van der Waals surface area contributed by atoms with Gasteiger partial charge in [0, 0.05) is 24.7 Å². The molecule has 98 valence electrons. The number of carbonyl (C=O) groups is 2. The van der Waals surface area contributed by atoms with E-state index in [-0.39, 0.29) is 17.7 Å². The van der Waals surface area contributed by atoms with Crippen molar-refractivity contribution in [2.45, 2.75) is 26.7 Å². The van der Waals surface area contributed by atoms with Gasteiger partial charge in [0.2, 0.25) is 5.91 Å². The quantitative estimate of drug-likeness (QED) is 0.794. The van der Waals surface area contributed by atoms with E-state index in [9.17, 15) is 9.59 Å². The van der Waals surface area contributed by atoms with Crippen molar-refractivity contribution in [3.63, 3.8) is 0 Å². The monoisotopic (exact) mass is 250 g/mol. The van der Waals surface area contributed by atoms with Crippen LogP contribution in [0.3, 0.4) is 0 Å². The lowest BCUT2D eigenvalue weighted by atomic mass is 9.95. The maximum absolute atomic E-state index is 12.3. The molecule has 0 aliphatic carbocycles. The van der Waals surface area contributed by atoms with E-state index in [0.29, 0.717) is 31.5 Å². The molecule has 18 heavy (non-hydrogen) atoms. The Morgan fingerprint density at radius 3 is 2.39 bits per heavy atom. The third kappa shape index (κ3) is 2.23. The van der Waals surface area contributed by atoms with Gasteiger partial charge < -0.3 is 10.6 Å². The first-order valence-electron chi connectivity index (χ1n) is 6.11. The zero-order valence-electron chi connectivity index (χ0n) is 10.7. The zero-order valence-corrected chi connectivity index (χ0v) is 10.7. The fourth-order valence-electron chi connectivity index (χ4n) is 2.39. The largest absolute Gasteiger partial charge is 0.369 e. The number of primary amides is 1. The number of H-pyrrole nitrogens is 1. The molecule has 1 aliphatic heterocycles. The van der Waals surface area contributed by atoms with Gasteiger partial charge in [-0.25, -0.2) is 0 Å². The van der Waals surface area contributed by atoms with Crippen molar-refractivity contribution >= 4 is 11.8 Å².